The summed E-state index contributed by atoms with van der Waals surface area (Å²) in [4.78, 5) is 38.8. The van der Waals surface area contributed by atoms with Gasteiger partial charge in [-0.05, 0) is 54.6 Å². The van der Waals surface area contributed by atoms with E-state index in [9.17, 15) is 14.4 Å². The number of aryl methyl sites for hydroxylation is 1. The Kier molecular flexibility index (Phi) is 5.22. The Labute approximate surface area is 170 Å². The molecule has 1 fully saturated rings. The van der Waals surface area contributed by atoms with Gasteiger partial charge in [0.2, 0.25) is 0 Å². The second-order valence-electron chi connectivity index (χ2n) is 6.51. The summed E-state index contributed by atoms with van der Waals surface area (Å²) in [5, 5.41) is 0.0336. The molecule has 1 aromatic heterocycles. The Morgan fingerprint density at radius 2 is 1.93 bits per heavy atom. The second-order valence-corrected chi connectivity index (χ2v) is 7.51. The first-order valence-corrected chi connectivity index (χ1v) is 9.80. The number of benzene rings is 2. The minimum absolute atomic E-state index is 0.127. The number of nitrogens with zero attached hydrogens (tertiary/aromatic N) is 1. The van der Waals surface area contributed by atoms with Gasteiger partial charge in [0, 0.05) is 0 Å². The number of ether oxygens (including phenoxy) is 1. The second kappa shape index (κ2) is 7.97. The van der Waals surface area contributed by atoms with E-state index >= 15 is 0 Å². The molecule has 6 nitrogen and oxygen atoms in total. The summed E-state index contributed by atoms with van der Waals surface area (Å²) in [5.74, 6) is 0.238. The van der Waals surface area contributed by atoms with Gasteiger partial charge in [-0.1, -0.05) is 24.3 Å². The minimum atomic E-state index is -0.444. The summed E-state index contributed by atoms with van der Waals surface area (Å²) in [7, 11) is 0. The fourth-order valence-electron chi connectivity index (χ4n) is 2.99. The molecule has 0 saturated carbocycles. The van der Waals surface area contributed by atoms with Crippen LogP contribution in [0.25, 0.3) is 17.0 Å². The van der Waals surface area contributed by atoms with E-state index < -0.39 is 5.91 Å². The summed E-state index contributed by atoms with van der Waals surface area (Å²) in [6, 6.07) is 14.4. The SMILES string of the molecule is Cc1cccc(OCCN2C(=O)S/C(=C\c3coc4ccccc4c3=O)C2=O)c1. The molecule has 0 spiro atoms. The average Bonchev–Trinajstić information content (AvgIpc) is 2.98. The van der Waals surface area contributed by atoms with Gasteiger partial charge in [0.1, 0.15) is 24.2 Å². The van der Waals surface area contributed by atoms with E-state index in [4.69, 9.17) is 9.15 Å². The molecule has 0 bridgehead atoms. The highest BCUT2D eigenvalue weighted by molar-refractivity contribution is 8.18. The Bertz CT molecular complexity index is 1200. The zero-order valence-corrected chi connectivity index (χ0v) is 16.4. The molecule has 7 heteroatoms. The maximum absolute atomic E-state index is 12.6. The van der Waals surface area contributed by atoms with Crippen LogP contribution >= 0.6 is 11.8 Å². The predicted octanol–water partition coefficient (Wildman–Crippen LogP) is 4.22. The summed E-state index contributed by atoms with van der Waals surface area (Å²) >= 11 is 0.802. The van der Waals surface area contributed by atoms with Gasteiger partial charge in [-0.3, -0.25) is 19.3 Å². The molecule has 0 unspecified atom stereocenters. The van der Waals surface area contributed by atoms with Crippen LogP contribution in [0.5, 0.6) is 5.75 Å². The van der Waals surface area contributed by atoms with Crippen LogP contribution in [0.1, 0.15) is 11.1 Å². The summed E-state index contributed by atoms with van der Waals surface area (Å²) < 4.78 is 11.1. The number of amides is 2. The van der Waals surface area contributed by atoms with Crippen LogP contribution in [0.15, 0.2) is 68.9 Å². The first-order chi connectivity index (χ1) is 14.0. The lowest BCUT2D eigenvalue weighted by Crippen LogP contribution is -2.32. The van der Waals surface area contributed by atoms with E-state index in [1.165, 1.54) is 12.3 Å². The zero-order chi connectivity index (χ0) is 20.4. The highest BCUT2D eigenvalue weighted by Gasteiger charge is 2.35. The van der Waals surface area contributed by atoms with Gasteiger partial charge in [-0.15, -0.1) is 0 Å². The molecule has 1 aliphatic rings. The number of hydrogen-bond donors (Lipinski definition) is 0. The molecular formula is C22H17NO5S. The third kappa shape index (κ3) is 3.95. The molecule has 1 aliphatic heterocycles. The third-order valence-corrected chi connectivity index (χ3v) is 5.35. The Hall–Kier alpha value is -3.32. The highest BCUT2D eigenvalue weighted by Crippen LogP contribution is 2.31. The zero-order valence-electron chi connectivity index (χ0n) is 15.6. The first kappa shape index (κ1) is 19.0. The molecule has 4 rings (SSSR count). The third-order valence-electron chi connectivity index (χ3n) is 4.44. The van der Waals surface area contributed by atoms with Gasteiger partial charge in [-0.25, -0.2) is 0 Å². The van der Waals surface area contributed by atoms with Gasteiger partial charge in [0.15, 0.2) is 5.43 Å². The van der Waals surface area contributed by atoms with Crippen molar-refractivity contribution < 1.29 is 18.7 Å². The average molecular weight is 407 g/mol. The van der Waals surface area contributed by atoms with E-state index in [2.05, 4.69) is 0 Å². The van der Waals surface area contributed by atoms with Crippen LogP contribution in [-0.4, -0.2) is 29.2 Å². The van der Waals surface area contributed by atoms with Crippen molar-refractivity contribution in [1.82, 2.24) is 4.90 Å². The number of thioether (sulfide) groups is 1. The molecule has 2 amide bonds. The molecular weight excluding hydrogens is 390 g/mol. The molecule has 0 atom stereocenters. The number of hydrogen-bond acceptors (Lipinski definition) is 6. The van der Waals surface area contributed by atoms with E-state index in [0.717, 1.165) is 22.2 Å². The van der Waals surface area contributed by atoms with Crippen LogP contribution < -0.4 is 10.2 Å². The van der Waals surface area contributed by atoms with E-state index in [0.29, 0.717) is 16.7 Å². The molecule has 29 heavy (non-hydrogen) atoms. The standard InChI is InChI=1S/C22H17NO5S/c1-14-5-4-6-16(11-14)27-10-9-23-21(25)19(29-22(23)26)12-15-13-28-18-8-3-2-7-17(18)20(15)24/h2-8,11-13H,9-10H2,1H3/b19-12-. The maximum atomic E-state index is 12.6. The normalized spacial score (nSPS) is 15.5. The summed E-state index contributed by atoms with van der Waals surface area (Å²) in [5.41, 5.74) is 1.51. The topological polar surface area (TPSA) is 76.8 Å². The number of para-hydroxylation sites is 1. The molecule has 1 saturated heterocycles. The van der Waals surface area contributed by atoms with Crippen LogP contribution in [0, 0.1) is 6.92 Å². The van der Waals surface area contributed by atoms with Crippen molar-refractivity contribution in [1.29, 1.82) is 0 Å². The minimum Gasteiger partial charge on any atom is -0.492 e. The van der Waals surface area contributed by atoms with Crippen LogP contribution in [0.2, 0.25) is 0 Å². The van der Waals surface area contributed by atoms with Crippen molar-refractivity contribution in [2.75, 3.05) is 13.2 Å². The van der Waals surface area contributed by atoms with Crippen molar-refractivity contribution in [2.24, 2.45) is 0 Å². The van der Waals surface area contributed by atoms with E-state index in [-0.39, 0.29) is 34.3 Å². The van der Waals surface area contributed by atoms with Gasteiger partial charge < -0.3 is 9.15 Å². The number of fused-ring (bicyclic) bond motifs is 1. The van der Waals surface area contributed by atoms with Gasteiger partial charge in [0.25, 0.3) is 11.1 Å². The van der Waals surface area contributed by atoms with E-state index in [1.54, 1.807) is 24.3 Å². The Morgan fingerprint density at radius 1 is 1.10 bits per heavy atom. The van der Waals surface area contributed by atoms with Crippen molar-refractivity contribution in [3.8, 4) is 5.75 Å². The van der Waals surface area contributed by atoms with Gasteiger partial charge in [-0.2, -0.15) is 0 Å². The number of carbonyl (C=O) groups is 2. The molecule has 3 aromatic rings. The monoisotopic (exact) mass is 407 g/mol. The van der Waals surface area contributed by atoms with Crippen molar-refractivity contribution in [2.45, 2.75) is 6.92 Å². The predicted molar refractivity (Wildman–Crippen MR) is 112 cm³/mol. The fourth-order valence-corrected chi connectivity index (χ4v) is 3.84. The largest absolute Gasteiger partial charge is 0.492 e. The van der Waals surface area contributed by atoms with Crippen molar-refractivity contribution >= 4 is 40.0 Å². The van der Waals surface area contributed by atoms with Crippen LogP contribution in [0.4, 0.5) is 4.79 Å². The number of carbonyl (C=O) groups excluding carboxylic acids is 2. The van der Waals surface area contributed by atoms with E-state index in [1.807, 2.05) is 31.2 Å². The van der Waals surface area contributed by atoms with Crippen LogP contribution in [0.3, 0.4) is 0 Å². The Balaban J connectivity index is 1.49. The lowest BCUT2D eigenvalue weighted by molar-refractivity contribution is -0.123. The lowest BCUT2D eigenvalue weighted by Gasteiger charge is -2.13. The van der Waals surface area contributed by atoms with Gasteiger partial charge in [0.05, 0.1) is 22.4 Å². The summed E-state index contributed by atoms with van der Waals surface area (Å²) in [6.07, 6.45) is 2.71. The smallest absolute Gasteiger partial charge is 0.293 e. The van der Waals surface area contributed by atoms with Crippen LogP contribution in [-0.2, 0) is 4.79 Å². The van der Waals surface area contributed by atoms with Gasteiger partial charge >= 0.3 is 0 Å². The maximum Gasteiger partial charge on any atom is 0.293 e. The van der Waals surface area contributed by atoms with Crippen molar-refractivity contribution in [3.63, 3.8) is 0 Å². The molecule has 0 radical (unpaired) electrons. The summed E-state index contributed by atoms with van der Waals surface area (Å²) in [6.45, 7) is 2.27. The number of rotatable bonds is 5. The lowest BCUT2D eigenvalue weighted by atomic mass is 10.1. The fraction of sp³-hybridized carbons (Fsp3) is 0.136. The quantitative estimate of drug-likeness (QED) is 0.590. The Morgan fingerprint density at radius 3 is 2.76 bits per heavy atom. The van der Waals surface area contributed by atoms with Crippen molar-refractivity contribution in [3.05, 3.63) is 81.0 Å². The molecule has 0 aliphatic carbocycles. The molecule has 2 heterocycles. The first-order valence-electron chi connectivity index (χ1n) is 8.98. The number of imide groups is 1. The molecule has 0 N–H and O–H groups in total. The highest BCUT2D eigenvalue weighted by atomic mass is 32.2. The molecule has 146 valence electrons. The molecule has 2 aromatic carbocycles.